The van der Waals surface area contributed by atoms with Crippen LogP contribution in [0.15, 0.2) is 0 Å². The van der Waals surface area contributed by atoms with Crippen molar-refractivity contribution in [1.82, 2.24) is 15.3 Å². The molecule has 1 N–H and O–H groups in total. The number of nitrogens with zero attached hydrogens (tertiary/aromatic N) is 2. The first-order valence-electron chi connectivity index (χ1n) is 6.10. The van der Waals surface area contributed by atoms with E-state index in [-0.39, 0.29) is 0 Å². The summed E-state index contributed by atoms with van der Waals surface area (Å²) in [4.78, 5) is 11.7. The highest BCUT2D eigenvalue weighted by Crippen LogP contribution is 2.21. The van der Waals surface area contributed by atoms with E-state index in [9.17, 15) is 4.79 Å². The number of rotatable bonds is 3. The smallest absolute Gasteiger partial charge is 0.238 e. The van der Waals surface area contributed by atoms with Crippen LogP contribution in [0.2, 0.25) is 0 Å². The number of hydrogen-bond donors (Lipinski definition) is 1. The molecule has 0 aromatic rings. The maximum absolute atomic E-state index is 11.7. The van der Waals surface area contributed by atoms with Crippen molar-refractivity contribution in [2.45, 2.75) is 38.6 Å². The Bertz CT molecular complexity index is 226. The largest absolute Gasteiger partial charge is 0.317 e. The van der Waals surface area contributed by atoms with Crippen molar-refractivity contribution in [3.63, 3.8) is 0 Å². The van der Waals surface area contributed by atoms with E-state index in [1.54, 1.807) is 0 Å². The van der Waals surface area contributed by atoms with Crippen molar-refractivity contribution in [1.29, 1.82) is 0 Å². The normalized spacial score (nSPS) is 25.1. The van der Waals surface area contributed by atoms with Crippen LogP contribution in [0.5, 0.6) is 0 Å². The van der Waals surface area contributed by atoms with Crippen LogP contribution in [0.25, 0.3) is 0 Å². The van der Waals surface area contributed by atoms with Gasteiger partial charge in [-0.1, -0.05) is 6.92 Å². The van der Waals surface area contributed by atoms with E-state index in [1.165, 1.54) is 12.8 Å². The lowest BCUT2D eigenvalue weighted by Crippen LogP contribution is -2.49. The Labute approximate surface area is 91.6 Å². The maximum Gasteiger partial charge on any atom is 0.238 e. The minimum absolute atomic E-state index is 0.315. The average Bonchev–Trinajstić information content (AvgIpc) is 2.63. The molecule has 0 radical (unpaired) electrons. The van der Waals surface area contributed by atoms with E-state index in [4.69, 9.17) is 0 Å². The molecule has 0 spiro atoms. The van der Waals surface area contributed by atoms with Gasteiger partial charge in [0.2, 0.25) is 5.91 Å². The first kappa shape index (κ1) is 10.9. The molecular weight excluding hydrogens is 190 g/mol. The summed E-state index contributed by atoms with van der Waals surface area (Å²) in [7, 11) is 0. The number of hydrogen-bond acceptors (Lipinski definition) is 3. The molecule has 2 fully saturated rings. The van der Waals surface area contributed by atoms with Gasteiger partial charge in [0.1, 0.15) is 0 Å². The van der Waals surface area contributed by atoms with Crippen LogP contribution in [0.3, 0.4) is 0 Å². The Balaban J connectivity index is 1.97. The van der Waals surface area contributed by atoms with E-state index in [1.807, 2.05) is 5.01 Å². The summed E-state index contributed by atoms with van der Waals surface area (Å²) in [5.41, 5.74) is 0. The Kier molecular flexibility index (Phi) is 3.59. The molecule has 86 valence electrons. The first-order chi connectivity index (χ1) is 7.33. The summed E-state index contributed by atoms with van der Waals surface area (Å²) in [6.45, 7) is 6.14. The Morgan fingerprint density at radius 3 is 2.80 bits per heavy atom. The molecule has 2 rings (SSSR count). The standard InChI is InChI=1S/C11H21N3O/c1-2-8-14-11(15)5-9-13(14)10-3-6-12-7-4-10/h10,12H,2-9H2,1H3. The number of carbonyl (C=O) groups is 1. The molecular formula is C11H21N3O. The van der Waals surface area contributed by atoms with Gasteiger partial charge in [-0.2, -0.15) is 0 Å². The van der Waals surface area contributed by atoms with Crippen molar-refractivity contribution >= 4 is 5.91 Å². The third-order valence-corrected chi connectivity index (χ3v) is 3.32. The van der Waals surface area contributed by atoms with E-state index in [2.05, 4.69) is 17.2 Å². The second kappa shape index (κ2) is 4.94. The number of nitrogens with one attached hydrogen (secondary N) is 1. The first-order valence-corrected chi connectivity index (χ1v) is 6.10. The third-order valence-electron chi connectivity index (χ3n) is 3.32. The zero-order valence-electron chi connectivity index (χ0n) is 9.54. The van der Waals surface area contributed by atoms with Crippen LogP contribution in [0.1, 0.15) is 32.6 Å². The highest BCUT2D eigenvalue weighted by molar-refractivity contribution is 5.77. The number of piperidine rings is 1. The summed E-state index contributed by atoms with van der Waals surface area (Å²) in [6.07, 6.45) is 4.11. The predicted molar refractivity (Wildman–Crippen MR) is 59.2 cm³/mol. The van der Waals surface area contributed by atoms with Crippen molar-refractivity contribution in [3.8, 4) is 0 Å². The predicted octanol–water partition coefficient (Wildman–Crippen LogP) is 0.598. The third kappa shape index (κ3) is 2.32. The second-order valence-electron chi connectivity index (χ2n) is 4.41. The Hall–Kier alpha value is -0.610. The topological polar surface area (TPSA) is 35.6 Å². The zero-order chi connectivity index (χ0) is 10.7. The molecule has 0 aromatic heterocycles. The highest BCUT2D eigenvalue weighted by Gasteiger charge is 2.33. The molecule has 2 saturated heterocycles. The van der Waals surface area contributed by atoms with Gasteiger partial charge >= 0.3 is 0 Å². The van der Waals surface area contributed by atoms with Gasteiger partial charge in [-0.3, -0.25) is 9.80 Å². The molecule has 0 aliphatic carbocycles. The van der Waals surface area contributed by atoms with E-state index in [0.717, 1.165) is 32.6 Å². The van der Waals surface area contributed by atoms with Gasteiger partial charge < -0.3 is 5.32 Å². The molecule has 4 heteroatoms. The molecule has 0 bridgehead atoms. The fraction of sp³-hybridized carbons (Fsp3) is 0.909. The van der Waals surface area contributed by atoms with Gasteiger partial charge in [0.15, 0.2) is 0 Å². The fourth-order valence-electron chi connectivity index (χ4n) is 2.55. The van der Waals surface area contributed by atoms with Gasteiger partial charge in [-0.05, 0) is 32.4 Å². The lowest BCUT2D eigenvalue weighted by molar-refractivity contribution is -0.141. The summed E-state index contributed by atoms with van der Waals surface area (Å²) in [6, 6.07) is 0.587. The average molecular weight is 211 g/mol. The summed E-state index contributed by atoms with van der Waals surface area (Å²) in [5.74, 6) is 0.315. The fourth-order valence-corrected chi connectivity index (χ4v) is 2.55. The van der Waals surface area contributed by atoms with E-state index < -0.39 is 0 Å². The van der Waals surface area contributed by atoms with Crippen molar-refractivity contribution in [3.05, 3.63) is 0 Å². The van der Waals surface area contributed by atoms with Crippen molar-refractivity contribution in [2.75, 3.05) is 26.2 Å². The molecule has 1 amide bonds. The second-order valence-corrected chi connectivity index (χ2v) is 4.41. The van der Waals surface area contributed by atoms with Crippen LogP contribution >= 0.6 is 0 Å². The van der Waals surface area contributed by atoms with Crippen LogP contribution in [0, 0.1) is 0 Å². The zero-order valence-corrected chi connectivity index (χ0v) is 9.54. The lowest BCUT2D eigenvalue weighted by atomic mass is 10.1. The van der Waals surface area contributed by atoms with Gasteiger partial charge in [-0.25, -0.2) is 5.01 Å². The lowest BCUT2D eigenvalue weighted by Gasteiger charge is -2.37. The summed E-state index contributed by atoms with van der Waals surface area (Å²) >= 11 is 0. The minimum atomic E-state index is 0.315. The Morgan fingerprint density at radius 2 is 2.13 bits per heavy atom. The van der Waals surface area contributed by atoms with E-state index in [0.29, 0.717) is 18.4 Å². The maximum atomic E-state index is 11.7. The molecule has 0 aromatic carbocycles. The molecule has 0 atom stereocenters. The molecule has 4 nitrogen and oxygen atoms in total. The van der Waals surface area contributed by atoms with Crippen LogP contribution in [-0.4, -0.2) is 48.1 Å². The molecule has 2 heterocycles. The van der Waals surface area contributed by atoms with Gasteiger partial charge in [-0.15, -0.1) is 0 Å². The molecule has 2 aliphatic rings. The summed E-state index contributed by atoms with van der Waals surface area (Å²) in [5, 5.41) is 7.66. The quantitative estimate of drug-likeness (QED) is 0.742. The Morgan fingerprint density at radius 1 is 1.40 bits per heavy atom. The van der Waals surface area contributed by atoms with Gasteiger partial charge in [0.05, 0.1) is 0 Å². The van der Waals surface area contributed by atoms with Gasteiger partial charge in [0, 0.05) is 25.6 Å². The van der Waals surface area contributed by atoms with Crippen LogP contribution < -0.4 is 5.32 Å². The number of hydrazine groups is 1. The highest BCUT2D eigenvalue weighted by atomic mass is 16.2. The monoisotopic (exact) mass is 211 g/mol. The number of amides is 1. The van der Waals surface area contributed by atoms with Crippen molar-refractivity contribution < 1.29 is 4.79 Å². The number of carbonyl (C=O) groups excluding carboxylic acids is 1. The summed E-state index contributed by atoms with van der Waals surface area (Å²) < 4.78 is 0. The minimum Gasteiger partial charge on any atom is -0.317 e. The SMILES string of the molecule is CCCN1C(=O)CCN1C1CCNCC1. The molecule has 15 heavy (non-hydrogen) atoms. The van der Waals surface area contributed by atoms with Gasteiger partial charge in [0.25, 0.3) is 0 Å². The van der Waals surface area contributed by atoms with Crippen molar-refractivity contribution in [2.24, 2.45) is 0 Å². The van der Waals surface area contributed by atoms with Crippen LogP contribution in [-0.2, 0) is 4.79 Å². The molecule has 0 unspecified atom stereocenters. The van der Waals surface area contributed by atoms with Crippen LogP contribution in [0.4, 0.5) is 0 Å². The molecule has 2 aliphatic heterocycles. The van der Waals surface area contributed by atoms with E-state index >= 15 is 0 Å². The molecule has 0 saturated carbocycles.